The van der Waals surface area contributed by atoms with E-state index in [4.69, 9.17) is 25.9 Å². The average Bonchev–Trinajstić information content (AvgIpc) is 3.37. The first-order chi connectivity index (χ1) is 33.0. The quantitative estimate of drug-likeness (QED) is 0.162. The molecular weight excluding hydrogens is 655 g/mol. The predicted molar refractivity (Wildman–Crippen MR) is 225 cm³/mol. The van der Waals surface area contributed by atoms with Gasteiger partial charge in [0.05, 0.1) is 20.6 Å². The van der Waals surface area contributed by atoms with Gasteiger partial charge in [-0.3, -0.25) is 0 Å². The lowest BCUT2D eigenvalue weighted by molar-refractivity contribution is 1.07. The number of rotatable bonds is 6. The van der Waals surface area contributed by atoms with Crippen LogP contribution in [0.3, 0.4) is 0 Å². The van der Waals surface area contributed by atoms with Crippen molar-refractivity contribution in [2.75, 3.05) is 0 Å². The van der Waals surface area contributed by atoms with Gasteiger partial charge < -0.3 is 0 Å². The van der Waals surface area contributed by atoms with Crippen LogP contribution in [0.2, 0.25) is 0 Å². The highest BCUT2D eigenvalue weighted by atomic mass is 15.0. The van der Waals surface area contributed by atoms with Crippen LogP contribution in [-0.2, 0) is 0 Å². The first-order valence-electron chi connectivity index (χ1n) is 24.6. The molecule has 0 spiro atoms. The van der Waals surface area contributed by atoms with Gasteiger partial charge in [-0.25, -0.2) is 15.0 Å². The zero-order valence-corrected chi connectivity index (χ0v) is 28.2. The van der Waals surface area contributed by atoms with E-state index in [9.17, 15) is 9.60 Å². The minimum absolute atomic E-state index is 0.164. The molecule has 0 bridgehead atoms. The standard InChI is InChI=1S/C51H33N3/c1-3-12-34(13-4-1)36-22-26-38(27-23-36)49-52-50(54-51(53-49)42-17-11-16-40(32-42)35-14-5-2-6-15-35)39-28-24-37(25-29-39)41-30-31-47-45-20-8-7-18-43(45)44-19-9-10-21-46(44)48(47)33-41/h1-33H/i7D,8D,9D,10D,18D,19D,20D,21D,24D,25D,28D,29D,30D,31D,33D. The monoisotopic (exact) mass is 702 g/mol. The molecule has 0 aliphatic heterocycles. The molecule has 0 radical (unpaired) electrons. The van der Waals surface area contributed by atoms with Crippen molar-refractivity contribution in [2.24, 2.45) is 0 Å². The van der Waals surface area contributed by atoms with Gasteiger partial charge in [0, 0.05) is 16.7 Å². The second-order valence-electron chi connectivity index (χ2n) is 12.4. The van der Waals surface area contributed by atoms with Crippen LogP contribution in [0.5, 0.6) is 0 Å². The molecule has 54 heavy (non-hydrogen) atoms. The number of benzene rings is 9. The van der Waals surface area contributed by atoms with Gasteiger partial charge in [0.2, 0.25) is 0 Å². The summed E-state index contributed by atoms with van der Waals surface area (Å²) in [7, 11) is 0. The number of hydrogen-bond acceptors (Lipinski definition) is 3. The molecule has 0 saturated carbocycles. The zero-order chi connectivity index (χ0) is 48.9. The van der Waals surface area contributed by atoms with Crippen molar-refractivity contribution in [1.82, 2.24) is 15.0 Å². The van der Waals surface area contributed by atoms with Crippen LogP contribution in [0, 0.1) is 0 Å². The Morgan fingerprint density at radius 1 is 0.278 bits per heavy atom. The summed E-state index contributed by atoms with van der Waals surface area (Å²) < 4.78 is 136. The first kappa shape index (κ1) is 19.6. The molecule has 0 aliphatic rings. The molecule has 0 N–H and O–H groups in total. The summed E-state index contributed by atoms with van der Waals surface area (Å²) in [6.07, 6.45) is 0. The Bertz CT molecular complexity index is 3760. The van der Waals surface area contributed by atoms with Crippen LogP contribution < -0.4 is 0 Å². The fourth-order valence-corrected chi connectivity index (χ4v) is 6.49. The maximum Gasteiger partial charge on any atom is 0.164 e. The summed E-state index contributed by atoms with van der Waals surface area (Å²) in [5, 5.41) is -2.19. The molecule has 0 unspecified atom stereocenters. The summed E-state index contributed by atoms with van der Waals surface area (Å²) in [5.74, 6) is 0.116. The van der Waals surface area contributed by atoms with Crippen molar-refractivity contribution >= 4 is 32.3 Å². The second kappa shape index (κ2) is 13.4. The van der Waals surface area contributed by atoms with Crippen molar-refractivity contribution in [3.8, 4) is 67.5 Å². The summed E-state index contributed by atoms with van der Waals surface area (Å²) >= 11 is 0. The highest BCUT2D eigenvalue weighted by molar-refractivity contribution is 6.25. The Kier molecular flexibility index (Phi) is 4.85. The van der Waals surface area contributed by atoms with Crippen molar-refractivity contribution in [1.29, 1.82) is 0 Å². The van der Waals surface area contributed by atoms with Crippen LogP contribution in [0.15, 0.2) is 200 Å². The average molecular weight is 703 g/mol. The number of aromatic nitrogens is 3. The molecule has 1 aromatic heterocycles. The Morgan fingerprint density at radius 2 is 0.685 bits per heavy atom. The molecule has 0 saturated heterocycles. The van der Waals surface area contributed by atoms with Gasteiger partial charge in [0.25, 0.3) is 0 Å². The van der Waals surface area contributed by atoms with E-state index in [1.807, 2.05) is 103 Å². The van der Waals surface area contributed by atoms with Gasteiger partial charge in [-0.2, -0.15) is 0 Å². The summed E-state index contributed by atoms with van der Waals surface area (Å²) in [6.45, 7) is 0. The summed E-state index contributed by atoms with van der Waals surface area (Å²) in [5.41, 5.74) is 3.36. The molecule has 0 atom stereocenters. The molecule has 0 fully saturated rings. The fourth-order valence-electron chi connectivity index (χ4n) is 6.49. The summed E-state index contributed by atoms with van der Waals surface area (Å²) in [6, 6.07) is 23.7. The van der Waals surface area contributed by atoms with Gasteiger partial charge in [0.1, 0.15) is 0 Å². The van der Waals surface area contributed by atoms with Crippen LogP contribution in [0.1, 0.15) is 20.6 Å². The van der Waals surface area contributed by atoms with Gasteiger partial charge in [-0.15, -0.1) is 0 Å². The molecule has 0 aliphatic carbocycles. The Hall–Kier alpha value is -7.23. The summed E-state index contributed by atoms with van der Waals surface area (Å²) in [4.78, 5) is 14.3. The minimum atomic E-state index is -0.781. The third-order valence-electron chi connectivity index (χ3n) is 9.15. The molecule has 10 aromatic rings. The zero-order valence-electron chi connectivity index (χ0n) is 43.2. The largest absolute Gasteiger partial charge is 0.208 e. The van der Waals surface area contributed by atoms with E-state index in [-0.39, 0.29) is 50.0 Å². The molecule has 3 heteroatoms. The van der Waals surface area contributed by atoms with Crippen LogP contribution in [-0.4, -0.2) is 15.0 Å². The Labute approximate surface area is 335 Å². The van der Waals surface area contributed by atoms with E-state index < -0.39 is 107 Å². The maximum atomic E-state index is 9.66. The fraction of sp³-hybridized carbons (Fsp3) is 0. The number of hydrogen-bond donors (Lipinski definition) is 0. The number of fused-ring (bicyclic) bond motifs is 6. The highest BCUT2D eigenvalue weighted by Crippen LogP contribution is 2.37. The molecule has 0 amide bonds. The third-order valence-corrected chi connectivity index (χ3v) is 9.15. The van der Waals surface area contributed by atoms with Crippen LogP contribution >= 0.6 is 0 Å². The maximum absolute atomic E-state index is 9.66. The minimum Gasteiger partial charge on any atom is -0.208 e. The Balaban J connectivity index is 1.24. The van der Waals surface area contributed by atoms with E-state index in [1.54, 1.807) is 6.07 Å². The predicted octanol–water partition coefficient (Wildman–Crippen LogP) is 13.3. The lowest BCUT2D eigenvalue weighted by atomic mass is 9.92. The SMILES string of the molecule is [2H]c1c([2H])c(-c2c([2H])c([2H])c3c4c([2H])c([2H])c([2H])c([2H])c4c4c([2H])c([2H])c([2H])c([2H])c4c3c2[2H])c([2H])c([2H])c1-c1nc(-c2ccc(-c3ccccc3)cc2)nc(-c2cccc(-c3ccccc3)c2)n1. The van der Waals surface area contributed by atoms with E-state index in [1.165, 1.54) is 0 Å². The van der Waals surface area contributed by atoms with Gasteiger partial charge in [-0.05, 0) is 77.8 Å². The lowest BCUT2D eigenvalue weighted by Gasteiger charge is -2.12. The molecule has 3 nitrogen and oxygen atoms in total. The molecule has 10 rings (SSSR count). The van der Waals surface area contributed by atoms with Gasteiger partial charge in [0.15, 0.2) is 17.5 Å². The molecule has 252 valence electrons. The topological polar surface area (TPSA) is 38.7 Å². The van der Waals surface area contributed by atoms with E-state index in [0.717, 1.165) is 22.3 Å². The van der Waals surface area contributed by atoms with Crippen molar-refractivity contribution in [3.05, 3.63) is 200 Å². The molecule has 1 heterocycles. The van der Waals surface area contributed by atoms with Crippen molar-refractivity contribution < 1.29 is 20.6 Å². The van der Waals surface area contributed by atoms with Crippen LogP contribution in [0.25, 0.3) is 99.9 Å². The van der Waals surface area contributed by atoms with Crippen molar-refractivity contribution in [3.63, 3.8) is 0 Å². The smallest absolute Gasteiger partial charge is 0.164 e. The number of nitrogens with zero attached hydrogens (tertiary/aromatic N) is 3. The highest BCUT2D eigenvalue weighted by Gasteiger charge is 2.15. The van der Waals surface area contributed by atoms with E-state index in [0.29, 0.717) is 11.1 Å². The normalized spacial score (nSPS) is 15.2. The van der Waals surface area contributed by atoms with E-state index >= 15 is 0 Å². The Morgan fingerprint density at radius 3 is 1.30 bits per heavy atom. The van der Waals surface area contributed by atoms with Gasteiger partial charge >= 0.3 is 0 Å². The van der Waals surface area contributed by atoms with E-state index in [2.05, 4.69) is 0 Å². The molecular formula is C51H33N3. The third kappa shape index (κ3) is 5.78. The second-order valence-corrected chi connectivity index (χ2v) is 12.4. The van der Waals surface area contributed by atoms with Gasteiger partial charge in [-0.1, -0.05) is 188 Å². The van der Waals surface area contributed by atoms with Crippen LogP contribution in [0.4, 0.5) is 0 Å². The first-order valence-corrected chi connectivity index (χ1v) is 17.1. The van der Waals surface area contributed by atoms with Crippen molar-refractivity contribution in [2.45, 2.75) is 0 Å². The molecule has 9 aromatic carbocycles. The lowest BCUT2D eigenvalue weighted by Crippen LogP contribution is -2.00.